The number of ether oxygens (including phenoxy) is 1. The molecule has 2 unspecified atom stereocenters. The van der Waals surface area contributed by atoms with E-state index in [1.165, 1.54) is 0 Å². The zero-order valence-corrected chi connectivity index (χ0v) is 10.00. The van der Waals surface area contributed by atoms with Crippen molar-refractivity contribution in [2.75, 3.05) is 5.73 Å². The minimum Gasteiger partial charge on any atom is -0.492 e. The van der Waals surface area contributed by atoms with Crippen LogP contribution < -0.4 is 5.73 Å². The van der Waals surface area contributed by atoms with Crippen LogP contribution in [-0.4, -0.2) is 30.2 Å². The van der Waals surface area contributed by atoms with Crippen molar-refractivity contribution in [1.82, 2.24) is 19.5 Å². The third kappa shape index (κ3) is 1.51. The fraction of sp³-hybridized carbons (Fsp3) is 0.455. The lowest BCUT2D eigenvalue weighted by atomic mass is 10.2. The highest BCUT2D eigenvalue weighted by Gasteiger charge is 2.52. The topological polar surface area (TPSA) is 99.1 Å². The van der Waals surface area contributed by atoms with Gasteiger partial charge in [-0.15, -0.1) is 0 Å². The van der Waals surface area contributed by atoms with Gasteiger partial charge in [0.05, 0.1) is 25.6 Å². The molecule has 2 aromatic rings. The second kappa shape index (κ2) is 3.55. The molecule has 0 spiro atoms. The lowest BCUT2D eigenvalue weighted by Crippen LogP contribution is -2.21. The molecule has 3 rings (SSSR count). The Balaban J connectivity index is 2.03. The number of nitrogens with two attached hydrogens (primary N) is 1. The first-order valence-electron chi connectivity index (χ1n) is 5.66. The van der Waals surface area contributed by atoms with E-state index >= 15 is 0 Å². The first-order chi connectivity index (χ1) is 8.55. The Labute approximate surface area is 104 Å². The summed E-state index contributed by atoms with van der Waals surface area (Å²) in [6, 6.07) is 0. The molecule has 7 nitrogen and oxygen atoms in total. The predicted octanol–water partition coefficient (Wildman–Crippen LogP) is 0.701. The van der Waals surface area contributed by atoms with Gasteiger partial charge in [0.25, 0.3) is 0 Å². The van der Waals surface area contributed by atoms with E-state index in [1.807, 2.05) is 4.57 Å². The largest absolute Gasteiger partial charge is 0.492 e. The SMILES string of the molecule is [CH2]OC1(Cn2cnc3c(O)nc(N)nc32)CC1C. The van der Waals surface area contributed by atoms with Gasteiger partial charge in [-0.2, -0.15) is 9.97 Å². The summed E-state index contributed by atoms with van der Waals surface area (Å²) in [6.45, 7) is 2.69. The van der Waals surface area contributed by atoms with Gasteiger partial charge in [-0.3, -0.25) is 0 Å². The van der Waals surface area contributed by atoms with E-state index in [2.05, 4.69) is 29.0 Å². The van der Waals surface area contributed by atoms with E-state index in [4.69, 9.17) is 10.5 Å². The monoisotopic (exact) mass is 248 g/mol. The number of aromatic nitrogens is 4. The number of aromatic hydroxyl groups is 1. The molecular formula is C11H14N5O2. The number of fused-ring (bicyclic) bond motifs is 1. The molecular weight excluding hydrogens is 234 g/mol. The Hall–Kier alpha value is -1.89. The van der Waals surface area contributed by atoms with E-state index < -0.39 is 0 Å². The quantitative estimate of drug-likeness (QED) is 0.829. The van der Waals surface area contributed by atoms with E-state index in [9.17, 15) is 5.11 Å². The standard InChI is InChI=1S/C11H14N5O2/c1-6-3-11(6,18-2)4-16-5-13-7-8(16)14-10(12)15-9(7)17/h5-6H,2-4H2,1H3,(H3,12,14,15,17). The number of imidazole rings is 1. The fourth-order valence-electron chi connectivity index (χ4n) is 2.28. The molecule has 2 heterocycles. The van der Waals surface area contributed by atoms with Crippen molar-refractivity contribution in [1.29, 1.82) is 0 Å². The van der Waals surface area contributed by atoms with Gasteiger partial charge in [0.2, 0.25) is 11.8 Å². The lowest BCUT2D eigenvalue weighted by molar-refractivity contribution is 0.0844. The second-order valence-electron chi connectivity index (χ2n) is 4.76. The number of nitrogens with zero attached hydrogens (tertiary/aromatic N) is 4. The summed E-state index contributed by atoms with van der Waals surface area (Å²) >= 11 is 0. The molecule has 2 atom stereocenters. The molecule has 7 heteroatoms. The molecule has 0 amide bonds. The van der Waals surface area contributed by atoms with Crippen LogP contribution in [0.5, 0.6) is 5.88 Å². The maximum Gasteiger partial charge on any atom is 0.244 e. The van der Waals surface area contributed by atoms with Crippen LogP contribution in [0.2, 0.25) is 0 Å². The summed E-state index contributed by atoms with van der Waals surface area (Å²) in [4.78, 5) is 11.9. The van der Waals surface area contributed by atoms with Gasteiger partial charge in [0.1, 0.15) is 0 Å². The molecule has 0 saturated heterocycles. The molecule has 95 valence electrons. The molecule has 2 aromatic heterocycles. The molecule has 18 heavy (non-hydrogen) atoms. The van der Waals surface area contributed by atoms with Gasteiger partial charge < -0.3 is 20.1 Å². The second-order valence-corrected chi connectivity index (χ2v) is 4.76. The van der Waals surface area contributed by atoms with Gasteiger partial charge in [0, 0.05) is 0 Å². The van der Waals surface area contributed by atoms with Crippen molar-refractivity contribution < 1.29 is 9.84 Å². The summed E-state index contributed by atoms with van der Waals surface area (Å²) in [6.07, 6.45) is 2.55. The molecule has 0 aliphatic heterocycles. The van der Waals surface area contributed by atoms with E-state index in [0.29, 0.717) is 23.6 Å². The zero-order chi connectivity index (χ0) is 12.9. The van der Waals surface area contributed by atoms with Gasteiger partial charge >= 0.3 is 0 Å². The van der Waals surface area contributed by atoms with Gasteiger partial charge in [0.15, 0.2) is 11.2 Å². The fourth-order valence-corrected chi connectivity index (χ4v) is 2.28. The van der Waals surface area contributed by atoms with Crippen LogP contribution >= 0.6 is 0 Å². The third-order valence-electron chi connectivity index (χ3n) is 3.58. The minimum atomic E-state index is -0.261. The van der Waals surface area contributed by atoms with Crippen molar-refractivity contribution in [2.45, 2.75) is 25.5 Å². The number of nitrogen functional groups attached to an aromatic ring is 1. The number of hydrogen-bond acceptors (Lipinski definition) is 6. The van der Waals surface area contributed by atoms with Crippen LogP contribution in [0.25, 0.3) is 11.2 Å². The smallest absolute Gasteiger partial charge is 0.244 e. The molecule has 1 saturated carbocycles. The maximum atomic E-state index is 9.64. The predicted molar refractivity (Wildman–Crippen MR) is 64.4 cm³/mol. The van der Waals surface area contributed by atoms with Crippen molar-refractivity contribution in [2.24, 2.45) is 5.92 Å². The van der Waals surface area contributed by atoms with Crippen molar-refractivity contribution in [3.8, 4) is 5.88 Å². The van der Waals surface area contributed by atoms with Crippen LogP contribution in [0, 0.1) is 13.0 Å². The normalized spacial score (nSPS) is 26.7. The first kappa shape index (κ1) is 11.2. The van der Waals surface area contributed by atoms with Gasteiger partial charge in [-0.25, -0.2) is 4.98 Å². The van der Waals surface area contributed by atoms with Crippen molar-refractivity contribution in [3.05, 3.63) is 13.4 Å². The summed E-state index contributed by atoms with van der Waals surface area (Å²) < 4.78 is 7.12. The molecule has 1 aliphatic rings. The zero-order valence-electron chi connectivity index (χ0n) is 10.00. The highest BCUT2D eigenvalue weighted by Crippen LogP contribution is 2.47. The lowest BCUT2D eigenvalue weighted by Gasteiger charge is -2.15. The Kier molecular flexibility index (Phi) is 2.21. The minimum absolute atomic E-state index is 0.0233. The molecule has 0 aromatic carbocycles. The summed E-state index contributed by atoms with van der Waals surface area (Å²) in [5.74, 6) is 0.264. The Morgan fingerprint density at radius 3 is 3.00 bits per heavy atom. The molecule has 1 fully saturated rings. The average molecular weight is 248 g/mol. The summed E-state index contributed by atoms with van der Waals surface area (Å²) in [5, 5.41) is 9.64. The Bertz CT molecular complexity index is 607. The third-order valence-corrected chi connectivity index (χ3v) is 3.58. The summed E-state index contributed by atoms with van der Waals surface area (Å²) in [5.41, 5.74) is 6.12. The number of rotatable bonds is 3. The highest BCUT2D eigenvalue weighted by molar-refractivity contribution is 5.77. The molecule has 1 radical (unpaired) electrons. The number of hydrogen-bond donors (Lipinski definition) is 2. The van der Waals surface area contributed by atoms with Crippen LogP contribution in [0.3, 0.4) is 0 Å². The van der Waals surface area contributed by atoms with Crippen LogP contribution in [-0.2, 0) is 11.3 Å². The molecule has 1 aliphatic carbocycles. The molecule has 0 bridgehead atoms. The van der Waals surface area contributed by atoms with E-state index in [-0.39, 0.29) is 17.4 Å². The van der Waals surface area contributed by atoms with Gasteiger partial charge in [-0.05, 0) is 12.3 Å². The number of anilines is 1. The van der Waals surface area contributed by atoms with E-state index in [1.54, 1.807) is 6.33 Å². The highest BCUT2D eigenvalue weighted by atomic mass is 16.5. The van der Waals surface area contributed by atoms with Crippen LogP contribution in [0.4, 0.5) is 5.95 Å². The van der Waals surface area contributed by atoms with Crippen LogP contribution in [0.15, 0.2) is 6.33 Å². The van der Waals surface area contributed by atoms with Crippen molar-refractivity contribution in [3.63, 3.8) is 0 Å². The average Bonchev–Trinajstić information content (AvgIpc) is 2.77. The van der Waals surface area contributed by atoms with Crippen molar-refractivity contribution >= 4 is 17.1 Å². The van der Waals surface area contributed by atoms with Gasteiger partial charge in [-0.1, -0.05) is 6.92 Å². The summed E-state index contributed by atoms with van der Waals surface area (Å²) in [7, 11) is 3.53. The first-order valence-corrected chi connectivity index (χ1v) is 5.66. The Morgan fingerprint density at radius 2 is 2.39 bits per heavy atom. The van der Waals surface area contributed by atoms with E-state index in [0.717, 1.165) is 6.42 Å². The van der Waals surface area contributed by atoms with Crippen LogP contribution in [0.1, 0.15) is 13.3 Å². The Morgan fingerprint density at radius 1 is 1.67 bits per heavy atom. The molecule has 3 N–H and O–H groups in total. The maximum absolute atomic E-state index is 9.64.